The molecule has 4 unspecified atom stereocenters. The molecule has 5 nitrogen and oxygen atoms in total. The van der Waals surface area contributed by atoms with E-state index in [0.29, 0.717) is 23.1 Å². The first-order chi connectivity index (χ1) is 13.4. The third kappa shape index (κ3) is 5.70. The Labute approximate surface area is 173 Å². The summed E-state index contributed by atoms with van der Waals surface area (Å²) in [6.45, 7) is 2.48. The molecule has 2 aromatic rings. The molecule has 2 aromatic carbocycles. The summed E-state index contributed by atoms with van der Waals surface area (Å²) >= 11 is 6.07. The molecule has 0 spiro atoms. The van der Waals surface area contributed by atoms with Gasteiger partial charge in [-0.2, -0.15) is 0 Å². The molecule has 0 saturated carbocycles. The Morgan fingerprint density at radius 2 is 2.11 bits per heavy atom. The molecule has 7 heteroatoms. The van der Waals surface area contributed by atoms with Crippen LogP contribution in [0, 0.1) is 0 Å². The molecule has 0 aromatic heterocycles. The van der Waals surface area contributed by atoms with E-state index in [0.717, 1.165) is 23.3 Å². The zero-order valence-electron chi connectivity index (χ0n) is 16.1. The van der Waals surface area contributed by atoms with Gasteiger partial charge in [0.2, 0.25) is 0 Å². The number of rotatable bonds is 8. The summed E-state index contributed by atoms with van der Waals surface area (Å²) in [5.41, 5.74) is 2.06. The molecule has 1 aliphatic rings. The lowest BCUT2D eigenvalue weighted by atomic mass is 10.0. The van der Waals surface area contributed by atoms with Crippen LogP contribution < -0.4 is 14.8 Å². The van der Waals surface area contributed by atoms with Gasteiger partial charge in [0.05, 0.1) is 18.4 Å². The molecule has 0 amide bonds. The molecule has 0 bridgehead atoms. The largest absolute Gasteiger partial charge is 0.486 e. The van der Waals surface area contributed by atoms with Crippen LogP contribution in [0.2, 0.25) is 5.02 Å². The fourth-order valence-corrected chi connectivity index (χ4v) is 4.25. The highest BCUT2D eigenvalue weighted by Gasteiger charge is 2.23. The molecule has 28 heavy (non-hydrogen) atoms. The lowest BCUT2D eigenvalue weighted by Crippen LogP contribution is -2.35. The number of nitrogens with one attached hydrogen (secondary N) is 1. The van der Waals surface area contributed by atoms with Crippen LogP contribution in [0.5, 0.6) is 11.5 Å². The van der Waals surface area contributed by atoms with Crippen molar-refractivity contribution in [2.45, 2.75) is 31.5 Å². The second kappa shape index (κ2) is 9.74. The maximum atomic E-state index is 11.4. The summed E-state index contributed by atoms with van der Waals surface area (Å²) in [4.78, 5) is 0. The van der Waals surface area contributed by atoms with Crippen molar-refractivity contribution in [3.8, 4) is 11.5 Å². The molecule has 0 radical (unpaired) electrons. The Hall–Kier alpha value is -1.60. The smallest absolute Gasteiger partial charge is 0.162 e. The predicted molar refractivity (Wildman–Crippen MR) is 113 cm³/mol. The number of ether oxygens (including phenoxy) is 2. The SMILES string of the molecule is CC(Cc1ccc2c(c1)OC(CS(C)=O)CO2)NC(CO)c1cccc(Cl)c1. The van der Waals surface area contributed by atoms with Gasteiger partial charge in [0, 0.05) is 28.1 Å². The van der Waals surface area contributed by atoms with Crippen LogP contribution in [0.3, 0.4) is 0 Å². The van der Waals surface area contributed by atoms with Gasteiger partial charge in [0.15, 0.2) is 11.5 Å². The van der Waals surface area contributed by atoms with E-state index in [4.69, 9.17) is 21.1 Å². The van der Waals surface area contributed by atoms with E-state index in [-0.39, 0.29) is 24.8 Å². The van der Waals surface area contributed by atoms with Crippen LogP contribution in [0.1, 0.15) is 24.1 Å². The van der Waals surface area contributed by atoms with Gasteiger partial charge in [0.25, 0.3) is 0 Å². The van der Waals surface area contributed by atoms with Gasteiger partial charge in [-0.15, -0.1) is 0 Å². The lowest BCUT2D eigenvalue weighted by Gasteiger charge is -2.27. The Kier molecular flexibility index (Phi) is 7.35. The third-order valence-corrected chi connectivity index (χ3v) is 5.68. The number of hydrogen-bond acceptors (Lipinski definition) is 5. The highest BCUT2D eigenvalue weighted by molar-refractivity contribution is 7.84. The van der Waals surface area contributed by atoms with E-state index in [2.05, 4.69) is 12.2 Å². The fourth-order valence-electron chi connectivity index (χ4n) is 3.36. The average molecular weight is 424 g/mol. The monoisotopic (exact) mass is 423 g/mol. The summed E-state index contributed by atoms with van der Waals surface area (Å²) in [5, 5.41) is 13.9. The molecule has 1 aliphatic heterocycles. The van der Waals surface area contributed by atoms with Gasteiger partial charge in [-0.1, -0.05) is 29.8 Å². The van der Waals surface area contributed by atoms with Gasteiger partial charge < -0.3 is 19.9 Å². The Bertz CT molecular complexity index is 832. The van der Waals surface area contributed by atoms with E-state index in [1.165, 1.54) is 0 Å². The van der Waals surface area contributed by atoms with E-state index >= 15 is 0 Å². The second-order valence-corrected chi connectivity index (χ2v) is 9.05. The summed E-state index contributed by atoms with van der Waals surface area (Å²) in [7, 11) is -0.930. The van der Waals surface area contributed by atoms with Gasteiger partial charge in [-0.3, -0.25) is 4.21 Å². The van der Waals surface area contributed by atoms with Crippen molar-refractivity contribution in [1.82, 2.24) is 5.32 Å². The van der Waals surface area contributed by atoms with Crippen molar-refractivity contribution >= 4 is 22.4 Å². The maximum Gasteiger partial charge on any atom is 0.162 e. The summed E-state index contributed by atoms with van der Waals surface area (Å²) in [5.74, 6) is 1.87. The van der Waals surface area contributed by atoms with E-state index < -0.39 is 10.8 Å². The third-order valence-electron chi connectivity index (χ3n) is 4.61. The van der Waals surface area contributed by atoms with Crippen LogP contribution in [0.4, 0.5) is 0 Å². The van der Waals surface area contributed by atoms with Gasteiger partial charge in [-0.05, 0) is 48.7 Å². The minimum atomic E-state index is -0.930. The summed E-state index contributed by atoms with van der Waals surface area (Å²) < 4.78 is 23.1. The van der Waals surface area contributed by atoms with Crippen molar-refractivity contribution in [3.05, 3.63) is 58.6 Å². The number of aliphatic hydroxyl groups excluding tert-OH is 1. The molecular weight excluding hydrogens is 398 g/mol. The van der Waals surface area contributed by atoms with E-state index in [9.17, 15) is 9.32 Å². The molecule has 152 valence electrons. The number of halogens is 1. The Morgan fingerprint density at radius 3 is 2.82 bits per heavy atom. The van der Waals surface area contributed by atoms with Gasteiger partial charge in [-0.25, -0.2) is 0 Å². The molecule has 2 N–H and O–H groups in total. The van der Waals surface area contributed by atoms with Crippen molar-refractivity contribution in [1.29, 1.82) is 0 Å². The lowest BCUT2D eigenvalue weighted by molar-refractivity contribution is 0.106. The molecule has 0 fully saturated rings. The average Bonchev–Trinajstić information content (AvgIpc) is 2.65. The van der Waals surface area contributed by atoms with Crippen molar-refractivity contribution in [2.24, 2.45) is 0 Å². The Balaban J connectivity index is 1.64. The van der Waals surface area contributed by atoms with Crippen LogP contribution in [0.25, 0.3) is 0 Å². The second-order valence-electron chi connectivity index (χ2n) is 7.13. The number of aliphatic hydroxyl groups is 1. The zero-order valence-corrected chi connectivity index (χ0v) is 17.6. The molecule has 4 atom stereocenters. The zero-order chi connectivity index (χ0) is 20.1. The van der Waals surface area contributed by atoms with Crippen molar-refractivity contribution < 1.29 is 18.8 Å². The first-order valence-electron chi connectivity index (χ1n) is 9.29. The number of benzene rings is 2. The molecule has 0 aliphatic carbocycles. The van der Waals surface area contributed by atoms with Crippen LogP contribution >= 0.6 is 11.6 Å². The molecule has 3 rings (SSSR count). The first kappa shape index (κ1) is 21.1. The quantitative estimate of drug-likeness (QED) is 0.682. The summed E-state index contributed by atoms with van der Waals surface area (Å²) in [6, 6.07) is 13.4. The summed E-state index contributed by atoms with van der Waals surface area (Å²) in [6.07, 6.45) is 2.24. The fraction of sp³-hybridized carbons (Fsp3) is 0.429. The number of hydrogen-bond donors (Lipinski definition) is 2. The van der Waals surface area contributed by atoms with E-state index in [1.807, 2.05) is 42.5 Å². The Morgan fingerprint density at radius 1 is 1.29 bits per heavy atom. The maximum absolute atomic E-state index is 11.4. The topological polar surface area (TPSA) is 67.8 Å². The predicted octanol–water partition coefficient (Wildman–Crippen LogP) is 3.11. The van der Waals surface area contributed by atoms with Crippen LogP contribution in [-0.4, -0.2) is 46.7 Å². The first-order valence-corrected chi connectivity index (χ1v) is 11.4. The molecule has 1 heterocycles. The van der Waals surface area contributed by atoms with Crippen LogP contribution in [-0.2, 0) is 17.2 Å². The van der Waals surface area contributed by atoms with Crippen LogP contribution in [0.15, 0.2) is 42.5 Å². The minimum Gasteiger partial charge on any atom is -0.486 e. The highest BCUT2D eigenvalue weighted by atomic mass is 35.5. The van der Waals surface area contributed by atoms with Crippen molar-refractivity contribution in [2.75, 3.05) is 25.2 Å². The van der Waals surface area contributed by atoms with Crippen molar-refractivity contribution in [3.63, 3.8) is 0 Å². The van der Waals surface area contributed by atoms with E-state index in [1.54, 1.807) is 6.26 Å². The standard InChI is InChI=1S/C21H26ClNO4S/c1-14(23-19(11-24)16-4-3-5-17(22)10-16)8-15-6-7-20-21(9-15)27-18(12-26-20)13-28(2)25/h3-7,9-10,14,18-19,23-24H,8,11-13H2,1-2H3. The molecule has 0 saturated heterocycles. The highest BCUT2D eigenvalue weighted by Crippen LogP contribution is 2.33. The number of fused-ring (bicyclic) bond motifs is 1. The minimum absolute atomic E-state index is 0.0122. The van der Waals surface area contributed by atoms with Gasteiger partial charge in [0.1, 0.15) is 12.7 Å². The normalized spacial score (nSPS) is 19.1. The molecular formula is C21H26ClNO4S. The van der Waals surface area contributed by atoms with Gasteiger partial charge >= 0.3 is 0 Å².